The summed E-state index contributed by atoms with van der Waals surface area (Å²) >= 11 is 0. The van der Waals surface area contributed by atoms with Gasteiger partial charge in [-0.15, -0.1) is 0 Å². The highest BCUT2D eigenvalue weighted by Crippen LogP contribution is 2.40. The van der Waals surface area contributed by atoms with E-state index in [-0.39, 0.29) is 28.1 Å². The van der Waals surface area contributed by atoms with Crippen molar-refractivity contribution in [1.82, 2.24) is 0 Å². The molecule has 1 aromatic rings. The summed E-state index contributed by atoms with van der Waals surface area (Å²) in [6, 6.07) is 0. The van der Waals surface area contributed by atoms with Crippen LogP contribution in [0.25, 0.3) is 0 Å². The van der Waals surface area contributed by atoms with E-state index in [0.29, 0.717) is 18.6 Å². The van der Waals surface area contributed by atoms with E-state index in [0.717, 1.165) is 0 Å². The van der Waals surface area contributed by atoms with Gasteiger partial charge in [0.1, 0.15) is 11.3 Å². The first kappa shape index (κ1) is 10.9. The second kappa shape index (κ2) is 3.20. The zero-order valence-electron chi connectivity index (χ0n) is 9.59. The summed E-state index contributed by atoms with van der Waals surface area (Å²) in [6.45, 7) is 5.24. The van der Waals surface area contributed by atoms with Crippen LogP contribution in [0.15, 0.2) is 4.42 Å². The zero-order valence-corrected chi connectivity index (χ0v) is 9.59. The molecule has 0 unspecified atom stereocenters. The number of carbonyl (C=O) groups excluding carboxylic acids is 2. The molecule has 0 saturated carbocycles. The maximum atomic E-state index is 11.9. The van der Waals surface area contributed by atoms with E-state index in [1.165, 1.54) is 6.92 Å². The summed E-state index contributed by atoms with van der Waals surface area (Å²) in [5.74, 6) is -0.455. The Morgan fingerprint density at radius 3 is 2.56 bits per heavy atom. The minimum Gasteiger partial charge on any atom is -0.480 e. The van der Waals surface area contributed by atoms with Gasteiger partial charge in [-0.3, -0.25) is 9.59 Å². The summed E-state index contributed by atoms with van der Waals surface area (Å²) in [4.78, 5) is 23.3. The molecule has 86 valence electrons. The van der Waals surface area contributed by atoms with Gasteiger partial charge < -0.3 is 9.52 Å². The molecule has 0 aromatic carbocycles. The molecule has 0 saturated heterocycles. The minimum atomic E-state index is -0.427. The summed E-state index contributed by atoms with van der Waals surface area (Å²) in [6.07, 6.45) is 0.939. The quantitative estimate of drug-likeness (QED) is 0.740. The van der Waals surface area contributed by atoms with Gasteiger partial charge in [-0.1, -0.05) is 13.8 Å². The molecule has 0 bridgehead atoms. The Morgan fingerprint density at radius 1 is 1.38 bits per heavy atom. The summed E-state index contributed by atoms with van der Waals surface area (Å²) in [7, 11) is 0. The Kier molecular flexibility index (Phi) is 2.19. The standard InChI is InChI=1S/C12H14O4/c1-6(13)9-10-7(14)4-12(2,3)5-8(10)16-11(9)15/h15H,4-5H2,1-3H3. The highest BCUT2D eigenvalue weighted by atomic mass is 16.5. The first-order valence-electron chi connectivity index (χ1n) is 5.20. The van der Waals surface area contributed by atoms with Crippen molar-refractivity contribution >= 4 is 11.6 Å². The molecule has 1 aliphatic carbocycles. The third-order valence-corrected chi connectivity index (χ3v) is 2.87. The van der Waals surface area contributed by atoms with E-state index in [1.54, 1.807) is 0 Å². The van der Waals surface area contributed by atoms with Crippen LogP contribution in [0.4, 0.5) is 0 Å². The Morgan fingerprint density at radius 2 is 2.00 bits per heavy atom. The number of rotatable bonds is 1. The van der Waals surface area contributed by atoms with Crippen molar-refractivity contribution in [3.63, 3.8) is 0 Å². The molecule has 0 radical (unpaired) electrons. The van der Waals surface area contributed by atoms with Crippen molar-refractivity contribution in [2.24, 2.45) is 5.41 Å². The Hall–Kier alpha value is -1.58. The summed E-state index contributed by atoms with van der Waals surface area (Å²) < 4.78 is 5.12. The normalized spacial score (nSPS) is 18.3. The fraction of sp³-hybridized carbons (Fsp3) is 0.500. The molecule has 4 heteroatoms. The Balaban J connectivity index is 2.62. The van der Waals surface area contributed by atoms with Crippen LogP contribution in [0.1, 0.15) is 53.7 Å². The van der Waals surface area contributed by atoms with Crippen LogP contribution < -0.4 is 0 Å². The maximum absolute atomic E-state index is 11.9. The van der Waals surface area contributed by atoms with Gasteiger partial charge in [-0.05, 0) is 12.3 Å². The van der Waals surface area contributed by atoms with Gasteiger partial charge in [0.25, 0.3) is 5.95 Å². The molecule has 1 aliphatic rings. The predicted molar refractivity (Wildman–Crippen MR) is 56.8 cm³/mol. The predicted octanol–water partition coefficient (Wildman–Crippen LogP) is 2.34. The van der Waals surface area contributed by atoms with E-state index < -0.39 is 5.95 Å². The van der Waals surface area contributed by atoms with Crippen LogP contribution in [0.2, 0.25) is 0 Å². The van der Waals surface area contributed by atoms with Gasteiger partial charge in [-0.25, -0.2) is 0 Å². The lowest BCUT2D eigenvalue weighted by atomic mass is 9.75. The molecule has 1 N–H and O–H groups in total. The lowest BCUT2D eigenvalue weighted by Gasteiger charge is -2.27. The number of carbonyl (C=O) groups is 2. The zero-order chi connectivity index (χ0) is 12.1. The van der Waals surface area contributed by atoms with E-state index in [1.807, 2.05) is 13.8 Å². The lowest BCUT2D eigenvalue weighted by Crippen LogP contribution is -2.26. The van der Waals surface area contributed by atoms with Crippen molar-refractivity contribution in [2.75, 3.05) is 0 Å². The topological polar surface area (TPSA) is 67.5 Å². The summed E-state index contributed by atoms with van der Waals surface area (Å²) in [5, 5.41) is 9.52. The molecule has 0 atom stereocenters. The highest BCUT2D eigenvalue weighted by molar-refractivity contribution is 6.10. The van der Waals surface area contributed by atoms with Crippen molar-refractivity contribution in [3.05, 3.63) is 16.9 Å². The Labute approximate surface area is 93.3 Å². The summed E-state index contributed by atoms with van der Waals surface area (Å²) in [5.41, 5.74) is 0.141. The molecular weight excluding hydrogens is 208 g/mol. The van der Waals surface area contributed by atoms with Gasteiger partial charge in [0.2, 0.25) is 0 Å². The average Bonchev–Trinajstić information content (AvgIpc) is 2.38. The molecule has 0 spiro atoms. The maximum Gasteiger partial charge on any atom is 0.294 e. The average molecular weight is 222 g/mol. The van der Waals surface area contributed by atoms with Gasteiger partial charge in [0.05, 0.1) is 5.56 Å². The number of hydrogen-bond donors (Lipinski definition) is 1. The Bertz CT molecular complexity index is 479. The van der Waals surface area contributed by atoms with Crippen molar-refractivity contribution < 1.29 is 19.1 Å². The number of furan rings is 1. The minimum absolute atomic E-state index is 0.0375. The molecule has 1 heterocycles. The first-order valence-corrected chi connectivity index (χ1v) is 5.20. The number of aromatic hydroxyl groups is 1. The van der Waals surface area contributed by atoms with Crippen LogP contribution >= 0.6 is 0 Å². The van der Waals surface area contributed by atoms with E-state index in [2.05, 4.69) is 0 Å². The molecule has 0 aliphatic heterocycles. The second-order valence-corrected chi connectivity index (χ2v) is 5.08. The van der Waals surface area contributed by atoms with Crippen molar-refractivity contribution in [2.45, 2.75) is 33.6 Å². The van der Waals surface area contributed by atoms with E-state index >= 15 is 0 Å². The highest BCUT2D eigenvalue weighted by Gasteiger charge is 2.38. The number of hydrogen-bond acceptors (Lipinski definition) is 4. The molecule has 16 heavy (non-hydrogen) atoms. The molecular formula is C12H14O4. The third-order valence-electron chi connectivity index (χ3n) is 2.87. The monoisotopic (exact) mass is 222 g/mol. The molecule has 0 amide bonds. The van der Waals surface area contributed by atoms with Crippen LogP contribution in [-0.2, 0) is 6.42 Å². The fourth-order valence-corrected chi connectivity index (χ4v) is 2.23. The number of ketones is 2. The van der Waals surface area contributed by atoms with Crippen molar-refractivity contribution in [3.8, 4) is 5.95 Å². The first-order chi connectivity index (χ1) is 7.32. The molecule has 2 rings (SSSR count). The van der Waals surface area contributed by atoms with Gasteiger partial charge in [-0.2, -0.15) is 0 Å². The van der Waals surface area contributed by atoms with Crippen LogP contribution in [0, 0.1) is 5.41 Å². The fourth-order valence-electron chi connectivity index (χ4n) is 2.23. The van der Waals surface area contributed by atoms with Crippen molar-refractivity contribution in [1.29, 1.82) is 0 Å². The van der Waals surface area contributed by atoms with Gasteiger partial charge in [0.15, 0.2) is 11.6 Å². The molecule has 1 aromatic heterocycles. The second-order valence-electron chi connectivity index (χ2n) is 5.08. The lowest BCUT2D eigenvalue weighted by molar-refractivity contribution is 0.0894. The van der Waals surface area contributed by atoms with Crippen LogP contribution in [0.3, 0.4) is 0 Å². The molecule has 4 nitrogen and oxygen atoms in total. The third kappa shape index (κ3) is 1.54. The van der Waals surface area contributed by atoms with Gasteiger partial charge >= 0.3 is 0 Å². The van der Waals surface area contributed by atoms with E-state index in [9.17, 15) is 14.7 Å². The smallest absolute Gasteiger partial charge is 0.294 e. The van der Waals surface area contributed by atoms with Gasteiger partial charge in [0, 0.05) is 12.8 Å². The SMILES string of the molecule is CC(=O)c1c(O)oc2c1C(=O)CC(C)(C)C2. The number of Topliss-reactive ketones (excluding diaryl/α,β-unsaturated/α-hetero) is 2. The largest absolute Gasteiger partial charge is 0.480 e. The number of fused-ring (bicyclic) bond motifs is 1. The molecule has 0 fully saturated rings. The van der Waals surface area contributed by atoms with Crippen LogP contribution in [-0.4, -0.2) is 16.7 Å². The van der Waals surface area contributed by atoms with Crippen LogP contribution in [0.5, 0.6) is 5.95 Å². The van der Waals surface area contributed by atoms with E-state index in [4.69, 9.17) is 4.42 Å².